The highest BCUT2D eigenvalue weighted by molar-refractivity contribution is 5.80. The standard InChI is InChI=1S/C15H26N2O4/c1-15(2,10-13(19)20)9-12(18)17-7-5-11(6-8-17)14(21)16(3)4/h11H,5-10H2,1-4H3,(H,19,20). The van der Waals surface area contributed by atoms with Gasteiger partial charge in [-0.25, -0.2) is 0 Å². The molecule has 1 N–H and O–H groups in total. The summed E-state index contributed by atoms with van der Waals surface area (Å²) in [6, 6.07) is 0. The number of carbonyl (C=O) groups excluding carboxylic acids is 2. The van der Waals surface area contributed by atoms with Gasteiger partial charge in [-0.1, -0.05) is 13.8 Å². The Labute approximate surface area is 126 Å². The zero-order valence-electron chi connectivity index (χ0n) is 13.4. The molecule has 0 bridgehead atoms. The molecule has 0 spiro atoms. The molecule has 0 radical (unpaired) electrons. The molecular weight excluding hydrogens is 272 g/mol. The Morgan fingerprint density at radius 1 is 1.14 bits per heavy atom. The third-order valence-corrected chi connectivity index (χ3v) is 3.90. The molecule has 1 fully saturated rings. The van der Waals surface area contributed by atoms with Gasteiger partial charge in [0.1, 0.15) is 0 Å². The smallest absolute Gasteiger partial charge is 0.303 e. The molecule has 0 aromatic carbocycles. The first-order chi connectivity index (χ1) is 9.62. The van der Waals surface area contributed by atoms with E-state index in [1.165, 1.54) is 0 Å². The fraction of sp³-hybridized carbons (Fsp3) is 0.800. The number of amides is 2. The summed E-state index contributed by atoms with van der Waals surface area (Å²) in [5.74, 6) is -0.788. The highest BCUT2D eigenvalue weighted by Crippen LogP contribution is 2.27. The third-order valence-electron chi connectivity index (χ3n) is 3.90. The predicted octanol–water partition coefficient (Wildman–Crippen LogP) is 1.20. The fourth-order valence-electron chi connectivity index (χ4n) is 2.73. The molecule has 120 valence electrons. The van der Waals surface area contributed by atoms with Gasteiger partial charge in [-0.3, -0.25) is 14.4 Å². The topological polar surface area (TPSA) is 77.9 Å². The molecule has 0 unspecified atom stereocenters. The van der Waals surface area contributed by atoms with Gasteiger partial charge in [0.05, 0.1) is 6.42 Å². The summed E-state index contributed by atoms with van der Waals surface area (Å²) >= 11 is 0. The second-order valence-electron chi connectivity index (χ2n) is 6.80. The Hall–Kier alpha value is -1.59. The molecule has 6 nitrogen and oxygen atoms in total. The minimum atomic E-state index is -0.886. The van der Waals surface area contributed by atoms with Gasteiger partial charge < -0.3 is 14.9 Å². The van der Waals surface area contributed by atoms with Crippen molar-refractivity contribution in [1.82, 2.24) is 9.80 Å². The summed E-state index contributed by atoms with van der Waals surface area (Å²) in [5, 5.41) is 8.85. The van der Waals surface area contributed by atoms with Crippen LogP contribution in [0, 0.1) is 11.3 Å². The number of hydrogen-bond donors (Lipinski definition) is 1. The van der Waals surface area contributed by atoms with Crippen molar-refractivity contribution >= 4 is 17.8 Å². The van der Waals surface area contributed by atoms with Gasteiger partial charge in [0.15, 0.2) is 0 Å². The maximum Gasteiger partial charge on any atom is 0.303 e. The predicted molar refractivity (Wildman–Crippen MR) is 78.6 cm³/mol. The molecule has 2 amide bonds. The van der Waals surface area contributed by atoms with Crippen molar-refractivity contribution in [3.05, 3.63) is 0 Å². The molecule has 21 heavy (non-hydrogen) atoms. The number of likely N-dealkylation sites (tertiary alicyclic amines) is 1. The van der Waals surface area contributed by atoms with E-state index < -0.39 is 11.4 Å². The SMILES string of the molecule is CN(C)C(=O)C1CCN(C(=O)CC(C)(C)CC(=O)O)CC1. The fourth-order valence-corrected chi connectivity index (χ4v) is 2.73. The number of rotatable bonds is 5. The van der Waals surface area contributed by atoms with Crippen LogP contribution in [0.4, 0.5) is 0 Å². The van der Waals surface area contributed by atoms with Crippen LogP contribution in [0.15, 0.2) is 0 Å². The summed E-state index contributed by atoms with van der Waals surface area (Å²) in [6.45, 7) is 4.74. The van der Waals surface area contributed by atoms with Crippen LogP contribution >= 0.6 is 0 Å². The minimum absolute atomic E-state index is 0.00363. The lowest BCUT2D eigenvalue weighted by Crippen LogP contribution is -2.43. The zero-order valence-corrected chi connectivity index (χ0v) is 13.4. The average Bonchev–Trinajstić information content (AvgIpc) is 2.35. The van der Waals surface area contributed by atoms with E-state index >= 15 is 0 Å². The highest BCUT2D eigenvalue weighted by Gasteiger charge is 2.31. The third kappa shape index (κ3) is 5.36. The first kappa shape index (κ1) is 17.5. The van der Waals surface area contributed by atoms with E-state index in [1.807, 2.05) is 0 Å². The zero-order chi connectivity index (χ0) is 16.2. The first-order valence-corrected chi connectivity index (χ1v) is 7.33. The molecule has 0 aromatic rings. The Kier molecular flexibility index (Phi) is 5.75. The van der Waals surface area contributed by atoms with E-state index in [1.54, 1.807) is 37.7 Å². The van der Waals surface area contributed by atoms with Gasteiger partial charge in [-0.05, 0) is 18.3 Å². The van der Waals surface area contributed by atoms with Gasteiger partial charge in [0.2, 0.25) is 11.8 Å². The summed E-state index contributed by atoms with van der Waals surface area (Å²) in [5.41, 5.74) is -0.542. The molecule has 6 heteroatoms. The number of piperidine rings is 1. The largest absolute Gasteiger partial charge is 0.481 e. The van der Waals surface area contributed by atoms with Gasteiger partial charge in [-0.2, -0.15) is 0 Å². The maximum atomic E-state index is 12.2. The monoisotopic (exact) mass is 298 g/mol. The van der Waals surface area contributed by atoms with Gasteiger partial charge in [0.25, 0.3) is 0 Å². The Morgan fingerprint density at radius 2 is 1.67 bits per heavy atom. The summed E-state index contributed by atoms with van der Waals surface area (Å²) in [4.78, 5) is 38.3. The number of aliphatic carboxylic acids is 1. The van der Waals surface area contributed by atoms with Crippen molar-refractivity contribution in [2.24, 2.45) is 11.3 Å². The molecule has 1 saturated heterocycles. The Bertz CT molecular complexity index is 410. The van der Waals surface area contributed by atoms with E-state index in [9.17, 15) is 14.4 Å². The summed E-state index contributed by atoms with van der Waals surface area (Å²) in [6.07, 6.45) is 1.57. The van der Waals surface area contributed by atoms with E-state index in [4.69, 9.17) is 5.11 Å². The van der Waals surface area contributed by atoms with Crippen LogP contribution < -0.4 is 0 Å². The van der Waals surface area contributed by atoms with Crippen molar-refractivity contribution in [1.29, 1.82) is 0 Å². The summed E-state index contributed by atoms with van der Waals surface area (Å²) < 4.78 is 0. The Balaban J connectivity index is 2.49. The van der Waals surface area contributed by atoms with Gasteiger partial charge in [-0.15, -0.1) is 0 Å². The van der Waals surface area contributed by atoms with Crippen molar-refractivity contribution in [2.45, 2.75) is 39.5 Å². The van der Waals surface area contributed by atoms with Crippen LogP contribution in [0.3, 0.4) is 0 Å². The second kappa shape index (κ2) is 6.91. The molecular formula is C15H26N2O4. The lowest BCUT2D eigenvalue weighted by atomic mass is 9.84. The van der Waals surface area contributed by atoms with Crippen molar-refractivity contribution in [3.8, 4) is 0 Å². The minimum Gasteiger partial charge on any atom is -0.481 e. The van der Waals surface area contributed by atoms with Crippen LogP contribution in [0.5, 0.6) is 0 Å². The quantitative estimate of drug-likeness (QED) is 0.827. The van der Waals surface area contributed by atoms with Crippen LogP contribution in [-0.4, -0.2) is 59.9 Å². The average molecular weight is 298 g/mol. The number of carbonyl (C=O) groups is 3. The molecule has 1 aliphatic rings. The number of nitrogens with zero attached hydrogens (tertiary/aromatic N) is 2. The summed E-state index contributed by atoms with van der Waals surface area (Å²) in [7, 11) is 3.49. The van der Waals surface area contributed by atoms with Crippen LogP contribution in [0.1, 0.15) is 39.5 Å². The molecule has 0 saturated carbocycles. The molecule has 1 aliphatic heterocycles. The van der Waals surface area contributed by atoms with Crippen LogP contribution in [-0.2, 0) is 14.4 Å². The lowest BCUT2D eigenvalue weighted by molar-refractivity contribution is -0.143. The van der Waals surface area contributed by atoms with E-state index in [2.05, 4.69) is 0 Å². The van der Waals surface area contributed by atoms with Crippen molar-refractivity contribution < 1.29 is 19.5 Å². The van der Waals surface area contributed by atoms with E-state index in [0.29, 0.717) is 25.9 Å². The van der Waals surface area contributed by atoms with E-state index in [0.717, 1.165) is 0 Å². The first-order valence-electron chi connectivity index (χ1n) is 7.33. The highest BCUT2D eigenvalue weighted by atomic mass is 16.4. The number of carboxylic acid groups (broad SMARTS) is 1. The van der Waals surface area contributed by atoms with Crippen LogP contribution in [0.2, 0.25) is 0 Å². The number of carboxylic acids is 1. The van der Waals surface area contributed by atoms with Gasteiger partial charge in [0, 0.05) is 39.5 Å². The van der Waals surface area contributed by atoms with Crippen molar-refractivity contribution in [3.63, 3.8) is 0 Å². The van der Waals surface area contributed by atoms with Crippen molar-refractivity contribution in [2.75, 3.05) is 27.2 Å². The number of hydrogen-bond acceptors (Lipinski definition) is 3. The molecule has 0 aliphatic carbocycles. The van der Waals surface area contributed by atoms with E-state index in [-0.39, 0.29) is 30.6 Å². The molecule has 0 atom stereocenters. The molecule has 1 heterocycles. The second-order valence-corrected chi connectivity index (χ2v) is 6.80. The molecule has 1 rings (SSSR count). The van der Waals surface area contributed by atoms with Gasteiger partial charge >= 0.3 is 5.97 Å². The normalized spacial score (nSPS) is 16.7. The van der Waals surface area contributed by atoms with Crippen LogP contribution in [0.25, 0.3) is 0 Å². The lowest BCUT2D eigenvalue weighted by Gasteiger charge is -2.34. The molecule has 0 aromatic heterocycles. The Morgan fingerprint density at radius 3 is 2.10 bits per heavy atom. The maximum absolute atomic E-state index is 12.2.